The first-order valence-corrected chi connectivity index (χ1v) is 7.28. The lowest BCUT2D eigenvalue weighted by molar-refractivity contribution is 0.177. The molecule has 3 aromatic rings. The Bertz CT molecular complexity index is 729. The van der Waals surface area contributed by atoms with Gasteiger partial charge in [0.15, 0.2) is 5.82 Å². The van der Waals surface area contributed by atoms with Crippen molar-refractivity contribution in [2.24, 2.45) is 0 Å². The van der Waals surface area contributed by atoms with Gasteiger partial charge < -0.3 is 9.72 Å². The number of nitrogens with one attached hydrogen (secondary N) is 1. The molecule has 0 spiro atoms. The summed E-state index contributed by atoms with van der Waals surface area (Å²) in [6.45, 7) is 3.38. The second-order valence-corrected chi connectivity index (χ2v) is 5.05. The maximum Gasteiger partial charge on any atom is 0.176 e. The minimum Gasteiger partial charge on any atom is -0.377 e. The Morgan fingerprint density at radius 3 is 2.90 bits per heavy atom. The standard InChI is InChI=1S/C16H20N4O/c1-3-20-16(18-15(19-20)11-21-2)9-8-12-10-17-14-7-5-4-6-13(12)14/h4-7,10,17H,3,8-9,11H2,1-2H3. The van der Waals surface area contributed by atoms with E-state index in [2.05, 4.69) is 46.4 Å². The van der Waals surface area contributed by atoms with Crippen molar-refractivity contribution in [3.8, 4) is 0 Å². The van der Waals surface area contributed by atoms with E-state index in [-0.39, 0.29) is 0 Å². The van der Waals surface area contributed by atoms with Gasteiger partial charge in [0.2, 0.25) is 0 Å². The molecule has 2 aromatic heterocycles. The van der Waals surface area contributed by atoms with Gasteiger partial charge in [-0.2, -0.15) is 5.10 Å². The summed E-state index contributed by atoms with van der Waals surface area (Å²) in [5, 5.41) is 5.74. The average molecular weight is 284 g/mol. The Hall–Kier alpha value is -2.14. The lowest BCUT2D eigenvalue weighted by Crippen LogP contribution is -2.05. The number of methoxy groups -OCH3 is 1. The van der Waals surface area contributed by atoms with Crippen LogP contribution in [0, 0.1) is 0 Å². The van der Waals surface area contributed by atoms with Crippen molar-refractivity contribution >= 4 is 10.9 Å². The Balaban J connectivity index is 1.78. The van der Waals surface area contributed by atoms with E-state index in [0.29, 0.717) is 6.61 Å². The molecule has 21 heavy (non-hydrogen) atoms. The third kappa shape index (κ3) is 2.83. The van der Waals surface area contributed by atoms with E-state index in [9.17, 15) is 0 Å². The van der Waals surface area contributed by atoms with Crippen molar-refractivity contribution in [3.05, 3.63) is 47.7 Å². The van der Waals surface area contributed by atoms with Crippen LogP contribution in [0.5, 0.6) is 0 Å². The molecule has 0 unspecified atom stereocenters. The van der Waals surface area contributed by atoms with Crippen LogP contribution in [0.2, 0.25) is 0 Å². The Kier molecular flexibility index (Phi) is 4.01. The highest BCUT2D eigenvalue weighted by atomic mass is 16.5. The maximum absolute atomic E-state index is 5.11. The number of aromatic nitrogens is 4. The predicted molar refractivity (Wildman–Crippen MR) is 82.1 cm³/mol. The maximum atomic E-state index is 5.11. The van der Waals surface area contributed by atoms with E-state index in [1.807, 2.05) is 10.7 Å². The first-order valence-electron chi connectivity index (χ1n) is 7.28. The second kappa shape index (κ2) is 6.10. The molecule has 5 heteroatoms. The molecule has 3 rings (SSSR count). The minimum atomic E-state index is 0.465. The topological polar surface area (TPSA) is 55.7 Å². The van der Waals surface area contributed by atoms with Crippen LogP contribution in [0.4, 0.5) is 0 Å². The number of rotatable bonds is 6. The van der Waals surface area contributed by atoms with Crippen LogP contribution in [-0.2, 0) is 30.7 Å². The quantitative estimate of drug-likeness (QED) is 0.757. The molecule has 0 fully saturated rings. The van der Waals surface area contributed by atoms with Crippen molar-refractivity contribution in [3.63, 3.8) is 0 Å². The Morgan fingerprint density at radius 1 is 1.24 bits per heavy atom. The van der Waals surface area contributed by atoms with Crippen molar-refractivity contribution < 1.29 is 4.74 Å². The molecule has 2 heterocycles. The van der Waals surface area contributed by atoms with E-state index in [1.165, 1.54) is 16.5 Å². The van der Waals surface area contributed by atoms with Crippen molar-refractivity contribution in [1.29, 1.82) is 0 Å². The molecular formula is C16H20N4O. The number of hydrogen-bond acceptors (Lipinski definition) is 3. The van der Waals surface area contributed by atoms with Gasteiger partial charge in [-0.3, -0.25) is 4.68 Å². The molecule has 0 aliphatic carbocycles. The van der Waals surface area contributed by atoms with E-state index in [0.717, 1.165) is 31.0 Å². The predicted octanol–water partition coefficient (Wildman–Crippen LogP) is 2.71. The number of H-pyrrole nitrogens is 1. The lowest BCUT2D eigenvalue weighted by atomic mass is 10.1. The van der Waals surface area contributed by atoms with Crippen LogP contribution in [0.1, 0.15) is 24.1 Å². The third-order valence-corrected chi connectivity index (χ3v) is 3.66. The summed E-state index contributed by atoms with van der Waals surface area (Å²) in [4.78, 5) is 7.88. The van der Waals surface area contributed by atoms with Crippen molar-refractivity contribution in [2.45, 2.75) is 32.9 Å². The minimum absolute atomic E-state index is 0.465. The fourth-order valence-corrected chi connectivity index (χ4v) is 2.64. The molecule has 0 saturated carbocycles. The van der Waals surface area contributed by atoms with Gasteiger partial charge in [-0.25, -0.2) is 4.98 Å². The van der Waals surface area contributed by atoms with Crippen molar-refractivity contribution in [1.82, 2.24) is 19.7 Å². The average Bonchev–Trinajstić information content (AvgIpc) is 3.09. The molecule has 0 atom stereocenters. The highest BCUT2D eigenvalue weighted by molar-refractivity contribution is 5.83. The monoisotopic (exact) mass is 284 g/mol. The zero-order chi connectivity index (χ0) is 14.7. The van der Waals surface area contributed by atoms with Gasteiger partial charge in [0.1, 0.15) is 12.4 Å². The van der Waals surface area contributed by atoms with E-state index in [1.54, 1.807) is 7.11 Å². The molecule has 110 valence electrons. The lowest BCUT2D eigenvalue weighted by Gasteiger charge is -2.02. The summed E-state index contributed by atoms with van der Waals surface area (Å²) in [6.07, 6.45) is 3.93. The summed E-state index contributed by atoms with van der Waals surface area (Å²) in [6, 6.07) is 8.38. The van der Waals surface area contributed by atoms with Crippen molar-refractivity contribution in [2.75, 3.05) is 7.11 Å². The SMILES string of the molecule is CCn1nc(COC)nc1CCc1c[nH]c2ccccc12. The Labute approximate surface area is 124 Å². The fraction of sp³-hybridized carbons (Fsp3) is 0.375. The van der Waals surface area contributed by atoms with Gasteiger partial charge in [-0.05, 0) is 25.0 Å². The third-order valence-electron chi connectivity index (χ3n) is 3.66. The van der Waals surface area contributed by atoms with E-state index >= 15 is 0 Å². The number of aryl methyl sites for hydroxylation is 3. The molecule has 0 bridgehead atoms. The number of benzene rings is 1. The molecule has 0 aliphatic heterocycles. The summed E-state index contributed by atoms with van der Waals surface area (Å²) >= 11 is 0. The van der Waals surface area contributed by atoms with E-state index in [4.69, 9.17) is 4.74 Å². The van der Waals surface area contributed by atoms with Crippen LogP contribution in [0.25, 0.3) is 10.9 Å². The summed E-state index contributed by atoms with van der Waals surface area (Å²) in [7, 11) is 1.66. The second-order valence-electron chi connectivity index (χ2n) is 5.05. The number of nitrogens with zero attached hydrogens (tertiary/aromatic N) is 3. The van der Waals surface area contributed by atoms with Gasteiger partial charge in [0.05, 0.1) is 0 Å². The normalized spacial score (nSPS) is 11.3. The largest absolute Gasteiger partial charge is 0.377 e. The molecular weight excluding hydrogens is 264 g/mol. The number of para-hydroxylation sites is 1. The number of fused-ring (bicyclic) bond motifs is 1. The molecule has 0 amide bonds. The highest BCUT2D eigenvalue weighted by Gasteiger charge is 2.10. The van der Waals surface area contributed by atoms with Crippen LogP contribution < -0.4 is 0 Å². The van der Waals surface area contributed by atoms with Gasteiger partial charge >= 0.3 is 0 Å². The van der Waals surface area contributed by atoms with E-state index < -0.39 is 0 Å². The first-order chi connectivity index (χ1) is 10.3. The van der Waals surface area contributed by atoms with Crippen LogP contribution in [0.15, 0.2) is 30.5 Å². The number of ether oxygens (including phenoxy) is 1. The molecule has 5 nitrogen and oxygen atoms in total. The highest BCUT2D eigenvalue weighted by Crippen LogP contribution is 2.19. The van der Waals surface area contributed by atoms with Gasteiger partial charge in [0.25, 0.3) is 0 Å². The van der Waals surface area contributed by atoms with Crippen LogP contribution in [-0.4, -0.2) is 26.9 Å². The fourth-order valence-electron chi connectivity index (χ4n) is 2.64. The van der Waals surface area contributed by atoms with Crippen LogP contribution >= 0.6 is 0 Å². The molecule has 1 aromatic carbocycles. The zero-order valence-electron chi connectivity index (χ0n) is 12.5. The molecule has 1 N–H and O–H groups in total. The summed E-state index contributed by atoms with van der Waals surface area (Å²) < 4.78 is 7.07. The first kappa shape index (κ1) is 13.8. The summed E-state index contributed by atoms with van der Waals surface area (Å²) in [5.74, 6) is 1.78. The summed E-state index contributed by atoms with van der Waals surface area (Å²) in [5.41, 5.74) is 2.51. The van der Waals surface area contributed by atoms with Gasteiger partial charge in [-0.15, -0.1) is 0 Å². The molecule has 0 aliphatic rings. The molecule has 0 saturated heterocycles. The smallest absolute Gasteiger partial charge is 0.176 e. The molecule has 0 radical (unpaired) electrons. The van der Waals surface area contributed by atoms with Gasteiger partial charge in [-0.1, -0.05) is 18.2 Å². The Morgan fingerprint density at radius 2 is 2.10 bits per heavy atom. The number of hydrogen-bond donors (Lipinski definition) is 1. The van der Waals surface area contributed by atoms with Crippen LogP contribution in [0.3, 0.4) is 0 Å². The zero-order valence-corrected chi connectivity index (χ0v) is 12.5. The number of aromatic amines is 1. The van der Waals surface area contributed by atoms with Gasteiger partial charge in [0, 0.05) is 37.2 Å².